The number of fused-ring (bicyclic) bond motifs is 3. The molecule has 0 N–H and O–H groups in total. The van der Waals surface area contributed by atoms with E-state index in [-0.39, 0.29) is 0 Å². The van der Waals surface area contributed by atoms with Crippen molar-refractivity contribution in [2.75, 3.05) is 0 Å². The lowest BCUT2D eigenvalue weighted by Gasteiger charge is -2.16. The fourth-order valence-corrected chi connectivity index (χ4v) is 3.54. The molecule has 0 saturated carbocycles. The topological polar surface area (TPSA) is 0 Å². The van der Waals surface area contributed by atoms with Crippen LogP contribution in [0.4, 0.5) is 0 Å². The van der Waals surface area contributed by atoms with Crippen LogP contribution >= 0.6 is 0 Å². The van der Waals surface area contributed by atoms with Crippen molar-refractivity contribution in [1.82, 2.24) is 0 Å². The van der Waals surface area contributed by atoms with Crippen LogP contribution in [-0.4, -0.2) is 0 Å². The van der Waals surface area contributed by atoms with Gasteiger partial charge in [0.25, 0.3) is 0 Å². The van der Waals surface area contributed by atoms with Crippen molar-refractivity contribution in [1.29, 1.82) is 0 Å². The van der Waals surface area contributed by atoms with Gasteiger partial charge in [0, 0.05) is 5.92 Å². The van der Waals surface area contributed by atoms with E-state index in [2.05, 4.69) is 74.5 Å². The quantitative estimate of drug-likeness (QED) is 0.666. The molecule has 0 aromatic heterocycles. The molecule has 0 amide bonds. The first-order valence-corrected chi connectivity index (χ1v) is 7.76. The summed E-state index contributed by atoms with van der Waals surface area (Å²) in [7, 11) is 0. The van der Waals surface area contributed by atoms with Crippen molar-refractivity contribution < 1.29 is 0 Å². The van der Waals surface area contributed by atoms with E-state index >= 15 is 0 Å². The molecule has 0 saturated heterocycles. The molecule has 2 aliphatic rings. The molecule has 2 aromatic carbocycles. The second-order valence-corrected chi connectivity index (χ2v) is 6.29. The van der Waals surface area contributed by atoms with Gasteiger partial charge in [0.1, 0.15) is 0 Å². The molecule has 4 rings (SSSR count). The minimum atomic E-state index is 0.393. The Morgan fingerprint density at radius 1 is 1.05 bits per heavy atom. The summed E-state index contributed by atoms with van der Waals surface area (Å²) in [6.45, 7) is 4.48. The number of hydrogen-bond donors (Lipinski definition) is 0. The van der Waals surface area contributed by atoms with Crippen molar-refractivity contribution in [3.05, 3.63) is 83.0 Å². The normalized spacial score (nSPS) is 18.8. The summed E-state index contributed by atoms with van der Waals surface area (Å²) in [6.07, 6.45) is 7.79. The van der Waals surface area contributed by atoms with Gasteiger partial charge in [-0.1, -0.05) is 74.0 Å². The number of rotatable bonds is 2. The minimum Gasteiger partial charge on any atom is -0.0804 e. The SMILES string of the molecule is CC(C)c1[c]c2c(cc1)-c1ccccc1C2C1=CC=CC1. The maximum atomic E-state index is 3.73. The molecule has 21 heavy (non-hydrogen) atoms. The van der Waals surface area contributed by atoms with E-state index in [0.29, 0.717) is 11.8 Å². The lowest BCUT2D eigenvalue weighted by molar-refractivity contribution is 0.855. The molecule has 103 valence electrons. The Morgan fingerprint density at radius 3 is 2.67 bits per heavy atom. The average Bonchev–Trinajstić information content (AvgIpc) is 3.11. The molecule has 0 heterocycles. The zero-order chi connectivity index (χ0) is 14.4. The summed E-state index contributed by atoms with van der Waals surface area (Å²) in [5.74, 6) is 0.917. The van der Waals surface area contributed by atoms with E-state index in [1.54, 1.807) is 0 Å². The van der Waals surface area contributed by atoms with Crippen LogP contribution in [0.5, 0.6) is 0 Å². The van der Waals surface area contributed by atoms with E-state index in [0.717, 1.165) is 6.42 Å². The van der Waals surface area contributed by atoms with Gasteiger partial charge in [0.2, 0.25) is 0 Å². The molecular weight excluding hydrogens is 252 g/mol. The van der Waals surface area contributed by atoms with Crippen molar-refractivity contribution in [2.24, 2.45) is 0 Å². The molecule has 1 unspecified atom stereocenters. The van der Waals surface area contributed by atoms with Crippen molar-refractivity contribution >= 4 is 0 Å². The molecule has 1 radical (unpaired) electrons. The highest BCUT2D eigenvalue weighted by Gasteiger charge is 2.31. The average molecular weight is 271 g/mol. The van der Waals surface area contributed by atoms with Crippen molar-refractivity contribution in [3.8, 4) is 11.1 Å². The summed E-state index contributed by atoms with van der Waals surface area (Å²) in [4.78, 5) is 0. The van der Waals surface area contributed by atoms with Gasteiger partial charge in [0.15, 0.2) is 0 Å². The maximum absolute atomic E-state index is 3.73. The monoisotopic (exact) mass is 271 g/mol. The Bertz CT molecular complexity index is 759. The van der Waals surface area contributed by atoms with E-state index in [4.69, 9.17) is 0 Å². The summed E-state index contributed by atoms with van der Waals surface area (Å²) in [6, 6.07) is 17.1. The zero-order valence-corrected chi connectivity index (χ0v) is 12.6. The molecule has 0 bridgehead atoms. The summed E-state index contributed by atoms with van der Waals surface area (Å²) in [5.41, 5.74) is 8.39. The minimum absolute atomic E-state index is 0.393. The van der Waals surface area contributed by atoms with E-state index in [1.165, 1.54) is 33.4 Å². The molecule has 2 aromatic rings. The second kappa shape index (κ2) is 4.73. The first-order valence-electron chi connectivity index (χ1n) is 7.76. The van der Waals surface area contributed by atoms with Crippen LogP contribution in [0, 0.1) is 6.07 Å². The first-order chi connectivity index (χ1) is 10.3. The molecule has 0 heteroatoms. The van der Waals surface area contributed by atoms with E-state index in [9.17, 15) is 0 Å². The molecule has 0 fully saturated rings. The Hall–Kier alpha value is -2.08. The molecule has 0 spiro atoms. The predicted octanol–water partition coefficient (Wildman–Crippen LogP) is 5.61. The van der Waals surface area contributed by atoms with Crippen LogP contribution in [0.25, 0.3) is 11.1 Å². The van der Waals surface area contributed by atoms with Crippen LogP contribution in [0.2, 0.25) is 0 Å². The Kier molecular flexibility index (Phi) is 2.85. The molecule has 1 atom stereocenters. The van der Waals surface area contributed by atoms with E-state index in [1.807, 2.05) is 0 Å². The molecular formula is C21H19. The predicted molar refractivity (Wildman–Crippen MR) is 88.5 cm³/mol. The van der Waals surface area contributed by atoms with Gasteiger partial charge in [-0.15, -0.1) is 0 Å². The second-order valence-electron chi connectivity index (χ2n) is 6.29. The van der Waals surface area contributed by atoms with Crippen LogP contribution in [0.3, 0.4) is 0 Å². The summed E-state index contributed by atoms with van der Waals surface area (Å²) < 4.78 is 0. The third-order valence-electron chi connectivity index (χ3n) is 4.64. The zero-order valence-electron chi connectivity index (χ0n) is 12.6. The van der Waals surface area contributed by atoms with E-state index < -0.39 is 0 Å². The number of hydrogen-bond acceptors (Lipinski definition) is 0. The highest BCUT2D eigenvalue weighted by molar-refractivity contribution is 5.80. The van der Waals surface area contributed by atoms with Gasteiger partial charge in [-0.25, -0.2) is 0 Å². The van der Waals surface area contributed by atoms with Gasteiger partial charge in [-0.05, 0) is 46.2 Å². The fourth-order valence-electron chi connectivity index (χ4n) is 3.54. The smallest absolute Gasteiger partial charge is 0.0323 e. The third kappa shape index (κ3) is 1.90. The molecule has 0 nitrogen and oxygen atoms in total. The molecule has 2 aliphatic carbocycles. The van der Waals surface area contributed by atoms with Crippen LogP contribution in [-0.2, 0) is 0 Å². The fraction of sp³-hybridized carbons (Fsp3) is 0.238. The van der Waals surface area contributed by atoms with Gasteiger partial charge < -0.3 is 0 Å². The molecule has 0 aliphatic heterocycles. The van der Waals surface area contributed by atoms with Gasteiger partial charge in [-0.2, -0.15) is 0 Å². The number of allylic oxidation sites excluding steroid dienone is 4. The van der Waals surface area contributed by atoms with Crippen LogP contribution in [0.1, 0.15) is 48.8 Å². The van der Waals surface area contributed by atoms with Crippen LogP contribution in [0.15, 0.2) is 60.2 Å². The van der Waals surface area contributed by atoms with Gasteiger partial charge >= 0.3 is 0 Å². The Balaban J connectivity index is 1.93. The highest BCUT2D eigenvalue weighted by atomic mass is 14.3. The largest absolute Gasteiger partial charge is 0.0804 e. The third-order valence-corrected chi connectivity index (χ3v) is 4.64. The lowest BCUT2D eigenvalue weighted by Crippen LogP contribution is -2.01. The first kappa shape index (κ1) is 12.6. The highest BCUT2D eigenvalue weighted by Crippen LogP contribution is 2.49. The Morgan fingerprint density at radius 2 is 1.90 bits per heavy atom. The standard InChI is InChI=1S/C21H19/c1-14(2)16-11-12-18-17-9-5-6-10-19(17)21(20(18)13-16)15-7-3-4-8-15/h3-7,9-12,14,21H,8H2,1-2H3. The van der Waals surface area contributed by atoms with Gasteiger partial charge in [-0.3, -0.25) is 0 Å². The Labute approximate surface area is 126 Å². The number of benzene rings is 2. The summed E-state index contributed by atoms with van der Waals surface area (Å²) in [5, 5.41) is 0. The summed E-state index contributed by atoms with van der Waals surface area (Å²) >= 11 is 0. The lowest BCUT2D eigenvalue weighted by atomic mass is 9.87. The van der Waals surface area contributed by atoms with Crippen molar-refractivity contribution in [2.45, 2.75) is 32.1 Å². The van der Waals surface area contributed by atoms with Crippen LogP contribution < -0.4 is 0 Å². The van der Waals surface area contributed by atoms with Gasteiger partial charge in [0.05, 0.1) is 0 Å². The van der Waals surface area contributed by atoms with Crippen molar-refractivity contribution in [3.63, 3.8) is 0 Å². The maximum Gasteiger partial charge on any atom is 0.0323 e.